The second kappa shape index (κ2) is 6.20. The largest absolute Gasteiger partial charge is 0.349 e. The Kier molecular flexibility index (Phi) is 4.35. The number of aryl methyl sites for hydroxylation is 1. The SMILES string of the molecule is CCCc1ncc(C(=O)NCCn2ncnn2)s1. The Morgan fingerprint density at radius 3 is 3.17 bits per heavy atom. The van der Waals surface area contributed by atoms with Crippen LogP contribution in [-0.4, -0.2) is 37.6 Å². The zero-order valence-electron chi connectivity index (χ0n) is 10.0. The van der Waals surface area contributed by atoms with Gasteiger partial charge in [-0.15, -0.1) is 21.5 Å². The van der Waals surface area contributed by atoms with Crippen LogP contribution < -0.4 is 5.32 Å². The van der Waals surface area contributed by atoms with E-state index in [1.165, 1.54) is 22.5 Å². The first-order valence-electron chi connectivity index (χ1n) is 5.73. The number of aromatic nitrogens is 5. The van der Waals surface area contributed by atoms with Gasteiger partial charge >= 0.3 is 0 Å². The van der Waals surface area contributed by atoms with Crippen molar-refractivity contribution < 1.29 is 4.79 Å². The molecule has 2 rings (SSSR count). The number of hydrogen-bond donors (Lipinski definition) is 1. The van der Waals surface area contributed by atoms with Gasteiger partial charge in [0.05, 0.1) is 17.7 Å². The quantitative estimate of drug-likeness (QED) is 0.823. The zero-order valence-corrected chi connectivity index (χ0v) is 10.9. The summed E-state index contributed by atoms with van der Waals surface area (Å²) in [5, 5.41) is 14.9. The number of nitrogens with one attached hydrogen (secondary N) is 1. The zero-order chi connectivity index (χ0) is 12.8. The Hall–Kier alpha value is -1.83. The Morgan fingerprint density at radius 2 is 2.44 bits per heavy atom. The van der Waals surface area contributed by atoms with Crippen LogP contribution >= 0.6 is 11.3 Å². The lowest BCUT2D eigenvalue weighted by molar-refractivity contribution is 0.0955. The lowest BCUT2D eigenvalue weighted by atomic mass is 10.4. The van der Waals surface area contributed by atoms with Crippen LogP contribution in [0.3, 0.4) is 0 Å². The van der Waals surface area contributed by atoms with Gasteiger partial charge in [0, 0.05) is 6.54 Å². The Balaban J connectivity index is 1.80. The molecule has 0 radical (unpaired) electrons. The average Bonchev–Trinajstić information content (AvgIpc) is 3.00. The molecular weight excluding hydrogens is 252 g/mol. The average molecular weight is 266 g/mol. The van der Waals surface area contributed by atoms with Crippen LogP contribution in [0, 0.1) is 0 Å². The predicted octanol–water partition coefficient (Wildman–Crippen LogP) is 0.512. The summed E-state index contributed by atoms with van der Waals surface area (Å²) in [5.74, 6) is -0.102. The van der Waals surface area contributed by atoms with E-state index in [-0.39, 0.29) is 5.91 Å². The van der Waals surface area contributed by atoms with E-state index in [0.717, 1.165) is 17.8 Å². The van der Waals surface area contributed by atoms with Crippen molar-refractivity contribution in [1.82, 2.24) is 30.5 Å². The maximum absolute atomic E-state index is 11.8. The summed E-state index contributed by atoms with van der Waals surface area (Å²) in [5.41, 5.74) is 0. The highest BCUT2D eigenvalue weighted by Crippen LogP contribution is 2.14. The third-order valence-electron chi connectivity index (χ3n) is 2.23. The van der Waals surface area contributed by atoms with Crippen molar-refractivity contribution in [1.29, 1.82) is 0 Å². The molecule has 96 valence electrons. The summed E-state index contributed by atoms with van der Waals surface area (Å²) in [6.45, 7) is 3.06. The van der Waals surface area contributed by atoms with E-state index in [2.05, 4.69) is 32.6 Å². The van der Waals surface area contributed by atoms with Gasteiger partial charge < -0.3 is 5.32 Å². The standard InChI is InChI=1S/C10H14N6OS/c1-2-3-9-12-6-8(18-9)10(17)11-4-5-16-14-7-13-15-16/h6-7H,2-5H2,1H3,(H,11,17). The number of carbonyl (C=O) groups is 1. The smallest absolute Gasteiger partial charge is 0.263 e. The fourth-order valence-corrected chi connectivity index (χ4v) is 2.33. The van der Waals surface area contributed by atoms with Crippen molar-refractivity contribution in [3.63, 3.8) is 0 Å². The van der Waals surface area contributed by atoms with E-state index in [4.69, 9.17) is 0 Å². The number of tetrazole rings is 1. The molecule has 0 saturated carbocycles. The third-order valence-corrected chi connectivity index (χ3v) is 3.29. The Morgan fingerprint density at radius 1 is 1.56 bits per heavy atom. The molecule has 0 aromatic carbocycles. The molecule has 2 heterocycles. The summed E-state index contributed by atoms with van der Waals surface area (Å²) < 4.78 is 0. The maximum Gasteiger partial charge on any atom is 0.263 e. The molecule has 2 aromatic heterocycles. The van der Waals surface area contributed by atoms with Gasteiger partial charge in [-0.2, -0.15) is 4.80 Å². The van der Waals surface area contributed by atoms with E-state index >= 15 is 0 Å². The fourth-order valence-electron chi connectivity index (χ4n) is 1.39. The minimum absolute atomic E-state index is 0.102. The van der Waals surface area contributed by atoms with Crippen LogP contribution in [0.25, 0.3) is 0 Å². The van der Waals surface area contributed by atoms with E-state index in [1.807, 2.05) is 0 Å². The molecule has 1 amide bonds. The molecule has 0 aliphatic heterocycles. The van der Waals surface area contributed by atoms with E-state index in [1.54, 1.807) is 6.20 Å². The van der Waals surface area contributed by atoms with Crippen molar-refractivity contribution in [2.24, 2.45) is 0 Å². The molecule has 18 heavy (non-hydrogen) atoms. The third kappa shape index (κ3) is 3.33. The predicted molar refractivity (Wildman–Crippen MR) is 66.3 cm³/mol. The van der Waals surface area contributed by atoms with Gasteiger partial charge in [-0.3, -0.25) is 4.79 Å². The summed E-state index contributed by atoms with van der Waals surface area (Å²) in [4.78, 5) is 18.1. The van der Waals surface area contributed by atoms with E-state index in [9.17, 15) is 4.79 Å². The minimum atomic E-state index is -0.102. The molecule has 0 aliphatic rings. The molecule has 0 atom stereocenters. The summed E-state index contributed by atoms with van der Waals surface area (Å²) >= 11 is 1.44. The van der Waals surface area contributed by atoms with Crippen LogP contribution in [0.5, 0.6) is 0 Å². The van der Waals surface area contributed by atoms with Gasteiger partial charge in [-0.05, 0) is 18.1 Å². The van der Waals surface area contributed by atoms with Gasteiger partial charge in [0.1, 0.15) is 4.88 Å². The first kappa shape index (κ1) is 12.6. The molecule has 0 spiro atoms. The first-order valence-corrected chi connectivity index (χ1v) is 6.55. The highest BCUT2D eigenvalue weighted by Gasteiger charge is 2.09. The molecule has 2 aromatic rings. The number of rotatable bonds is 6. The fraction of sp³-hybridized carbons (Fsp3) is 0.500. The molecule has 1 N–H and O–H groups in total. The van der Waals surface area contributed by atoms with E-state index < -0.39 is 0 Å². The molecular formula is C10H14N6OS. The van der Waals surface area contributed by atoms with Crippen LogP contribution in [-0.2, 0) is 13.0 Å². The highest BCUT2D eigenvalue weighted by atomic mass is 32.1. The molecule has 0 saturated heterocycles. The highest BCUT2D eigenvalue weighted by molar-refractivity contribution is 7.13. The van der Waals surface area contributed by atoms with Gasteiger partial charge in [-0.25, -0.2) is 4.98 Å². The second-order valence-electron chi connectivity index (χ2n) is 3.66. The molecule has 0 bridgehead atoms. The van der Waals surface area contributed by atoms with Gasteiger partial charge in [0.15, 0.2) is 6.33 Å². The van der Waals surface area contributed by atoms with Gasteiger partial charge in [-0.1, -0.05) is 6.92 Å². The molecule has 0 unspecified atom stereocenters. The second-order valence-corrected chi connectivity index (χ2v) is 4.77. The van der Waals surface area contributed by atoms with Crippen molar-refractivity contribution in [2.45, 2.75) is 26.3 Å². The van der Waals surface area contributed by atoms with Crippen molar-refractivity contribution >= 4 is 17.2 Å². The van der Waals surface area contributed by atoms with Crippen LogP contribution in [0.1, 0.15) is 28.0 Å². The molecule has 8 heteroatoms. The minimum Gasteiger partial charge on any atom is -0.349 e. The summed E-state index contributed by atoms with van der Waals surface area (Å²) in [6.07, 6.45) is 4.94. The van der Waals surface area contributed by atoms with Gasteiger partial charge in [0.25, 0.3) is 5.91 Å². The summed E-state index contributed by atoms with van der Waals surface area (Å²) in [7, 11) is 0. The lowest BCUT2D eigenvalue weighted by Gasteiger charge is -2.01. The molecule has 0 fully saturated rings. The normalized spacial score (nSPS) is 10.5. The van der Waals surface area contributed by atoms with Gasteiger partial charge in [0.2, 0.25) is 0 Å². The van der Waals surface area contributed by atoms with Crippen molar-refractivity contribution in [3.8, 4) is 0 Å². The van der Waals surface area contributed by atoms with Crippen LogP contribution in [0.4, 0.5) is 0 Å². The number of nitrogens with zero attached hydrogens (tertiary/aromatic N) is 5. The maximum atomic E-state index is 11.8. The lowest BCUT2D eigenvalue weighted by Crippen LogP contribution is -2.27. The Labute approximate surface area is 108 Å². The molecule has 0 aliphatic carbocycles. The summed E-state index contributed by atoms with van der Waals surface area (Å²) in [6, 6.07) is 0. The van der Waals surface area contributed by atoms with Crippen LogP contribution in [0.2, 0.25) is 0 Å². The number of thiazole rings is 1. The number of hydrogen-bond acceptors (Lipinski definition) is 6. The first-order chi connectivity index (χ1) is 8.79. The molecule has 7 nitrogen and oxygen atoms in total. The number of carbonyl (C=O) groups excluding carboxylic acids is 1. The Bertz CT molecular complexity index is 494. The van der Waals surface area contributed by atoms with Crippen LogP contribution in [0.15, 0.2) is 12.5 Å². The topological polar surface area (TPSA) is 85.6 Å². The monoisotopic (exact) mass is 266 g/mol. The van der Waals surface area contributed by atoms with Crippen molar-refractivity contribution in [3.05, 3.63) is 22.4 Å². The van der Waals surface area contributed by atoms with Crippen molar-refractivity contribution in [2.75, 3.05) is 6.54 Å². The number of amides is 1. The van der Waals surface area contributed by atoms with E-state index in [0.29, 0.717) is 18.0 Å².